The van der Waals surface area contributed by atoms with Gasteiger partial charge in [-0.25, -0.2) is 0 Å². The summed E-state index contributed by atoms with van der Waals surface area (Å²) in [6, 6.07) is 0. The van der Waals surface area contributed by atoms with Gasteiger partial charge in [0, 0.05) is 31.6 Å². The summed E-state index contributed by atoms with van der Waals surface area (Å²) in [7, 11) is 0. The molecular formula is C12H21Cl2Zr-. The van der Waals surface area contributed by atoms with Crippen LogP contribution in [-0.2, 0) is 26.2 Å². The van der Waals surface area contributed by atoms with Crippen LogP contribution in [0.5, 0.6) is 0 Å². The zero-order valence-electron chi connectivity index (χ0n) is 10.2. The molecule has 0 unspecified atom stereocenters. The molecule has 0 bridgehead atoms. The molecule has 0 nitrogen and oxygen atoms in total. The Kier molecular flexibility index (Phi) is 10.3. The SMILES string of the molecule is Cl.Cl.[CH2-]CC1=C(C)C(C)=C(C)C1(C)C.[Zr]. The molecule has 15 heavy (non-hydrogen) atoms. The average Bonchev–Trinajstić information content (AvgIpc) is 2.13. The van der Waals surface area contributed by atoms with E-state index in [1.807, 2.05) is 0 Å². The molecule has 0 N–H and O–H groups in total. The monoisotopic (exact) mass is 325 g/mol. The van der Waals surface area contributed by atoms with Crippen LogP contribution in [0.3, 0.4) is 0 Å². The molecule has 0 amide bonds. The molecule has 0 radical (unpaired) electrons. The Balaban J connectivity index is -0.000000480. The van der Waals surface area contributed by atoms with E-state index in [4.69, 9.17) is 0 Å². The molecule has 0 fully saturated rings. The van der Waals surface area contributed by atoms with Crippen molar-refractivity contribution in [1.29, 1.82) is 0 Å². The van der Waals surface area contributed by atoms with Gasteiger partial charge in [-0.05, 0) is 26.3 Å². The maximum absolute atomic E-state index is 4.00. The van der Waals surface area contributed by atoms with E-state index in [0.717, 1.165) is 6.42 Å². The van der Waals surface area contributed by atoms with E-state index < -0.39 is 0 Å². The molecular weight excluding hydrogens is 306 g/mol. The first-order chi connectivity index (χ1) is 5.42. The van der Waals surface area contributed by atoms with Crippen LogP contribution in [0.1, 0.15) is 41.0 Å². The maximum Gasteiger partial charge on any atom is 0.00472 e. The van der Waals surface area contributed by atoms with Gasteiger partial charge in [-0.2, -0.15) is 6.42 Å². The molecule has 0 aromatic carbocycles. The molecule has 3 heteroatoms. The second kappa shape index (κ2) is 7.30. The Bertz CT molecular complexity index is 275. The zero-order valence-corrected chi connectivity index (χ0v) is 14.3. The molecule has 1 aliphatic rings. The summed E-state index contributed by atoms with van der Waals surface area (Å²) in [6.07, 6.45) is 0.938. The van der Waals surface area contributed by atoms with Crippen molar-refractivity contribution in [1.82, 2.24) is 0 Å². The fraction of sp³-hybridized carbons (Fsp3) is 0.583. The van der Waals surface area contributed by atoms with Crippen molar-refractivity contribution < 1.29 is 26.2 Å². The Morgan fingerprint density at radius 2 is 1.40 bits per heavy atom. The molecule has 0 aliphatic heterocycles. The van der Waals surface area contributed by atoms with Crippen LogP contribution in [0.25, 0.3) is 0 Å². The Labute approximate surface area is 126 Å². The summed E-state index contributed by atoms with van der Waals surface area (Å²) < 4.78 is 0. The van der Waals surface area contributed by atoms with Gasteiger partial charge in [0.05, 0.1) is 0 Å². The molecule has 0 saturated heterocycles. The molecule has 0 aromatic rings. The van der Waals surface area contributed by atoms with Gasteiger partial charge in [-0.3, -0.25) is 0 Å². The maximum atomic E-state index is 4.00. The third-order valence-electron chi connectivity index (χ3n) is 3.52. The summed E-state index contributed by atoms with van der Waals surface area (Å²) in [4.78, 5) is 0. The first-order valence-corrected chi connectivity index (χ1v) is 4.60. The molecule has 0 heterocycles. The summed E-state index contributed by atoms with van der Waals surface area (Å²) >= 11 is 0. The van der Waals surface area contributed by atoms with Crippen LogP contribution < -0.4 is 0 Å². The number of rotatable bonds is 1. The average molecular weight is 327 g/mol. The number of hydrogen-bond donors (Lipinski definition) is 0. The summed E-state index contributed by atoms with van der Waals surface area (Å²) in [6.45, 7) is 15.3. The fourth-order valence-corrected chi connectivity index (χ4v) is 2.17. The quantitative estimate of drug-likeness (QED) is 0.610. The number of hydrogen-bond acceptors (Lipinski definition) is 0. The standard InChI is InChI=1S/C12H19.2ClH.Zr/c1-7-11-9(3)8(2)10(4)12(11,5)6;;;/h1,7H2,2-6H3;2*1H;/q-1;;;. The van der Waals surface area contributed by atoms with Crippen LogP contribution in [0, 0.1) is 12.3 Å². The van der Waals surface area contributed by atoms with Gasteiger partial charge < -0.3 is 6.92 Å². The third kappa shape index (κ3) is 3.45. The molecule has 1 rings (SSSR count). The van der Waals surface area contributed by atoms with Crippen molar-refractivity contribution in [2.24, 2.45) is 5.41 Å². The minimum atomic E-state index is 0. The van der Waals surface area contributed by atoms with Gasteiger partial charge >= 0.3 is 0 Å². The smallest absolute Gasteiger partial charge is 0.00472 e. The minimum absolute atomic E-state index is 0. The van der Waals surface area contributed by atoms with Gasteiger partial charge in [0.1, 0.15) is 0 Å². The summed E-state index contributed by atoms with van der Waals surface area (Å²) in [5.41, 5.74) is 6.22. The van der Waals surface area contributed by atoms with E-state index in [9.17, 15) is 0 Å². The Morgan fingerprint density at radius 3 is 1.53 bits per heavy atom. The van der Waals surface area contributed by atoms with Crippen LogP contribution in [0.15, 0.2) is 22.3 Å². The van der Waals surface area contributed by atoms with Crippen LogP contribution >= 0.6 is 24.8 Å². The first-order valence-electron chi connectivity index (χ1n) is 4.60. The van der Waals surface area contributed by atoms with Crippen molar-refractivity contribution >= 4 is 24.8 Å². The van der Waals surface area contributed by atoms with Crippen LogP contribution in [0.2, 0.25) is 0 Å². The van der Waals surface area contributed by atoms with E-state index in [1.54, 1.807) is 0 Å². The first kappa shape index (κ1) is 21.3. The van der Waals surface area contributed by atoms with E-state index in [2.05, 4.69) is 41.5 Å². The Hall–Kier alpha value is 0.943. The molecule has 88 valence electrons. The number of allylic oxidation sites excluding steroid dienone is 4. The molecule has 0 spiro atoms. The molecule has 0 atom stereocenters. The van der Waals surface area contributed by atoms with Crippen molar-refractivity contribution in [2.75, 3.05) is 0 Å². The predicted molar refractivity (Wildman–Crippen MR) is 69.3 cm³/mol. The van der Waals surface area contributed by atoms with E-state index in [1.165, 1.54) is 22.3 Å². The summed E-state index contributed by atoms with van der Waals surface area (Å²) in [5, 5.41) is 0. The molecule has 0 aromatic heterocycles. The van der Waals surface area contributed by atoms with Crippen molar-refractivity contribution in [3.8, 4) is 0 Å². The van der Waals surface area contributed by atoms with Gasteiger partial charge in [-0.15, -0.1) is 24.8 Å². The van der Waals surface area contributed by atoms with Crippen molar-refractivity contribution in [3.63, 3.8) is 0 Å². The summed E-state index contributed by atoms with van der Waals surface area (Å²) in [5.74, 6) is 0. The van der Waals surface area contributed by atoms with Crippen molar-refractivity contribution in [3.05, 3.63) is 29.2 Å². The zero-order chi connectivity index (χ0) is 9.52. The predicted octanol–water partition coefficient (Wildman–Crippen LogP) is 4.74. The Morgan fingerprint density at radius 1 is 1.00 bits per heavy atom. The molecule has 1 aliphatic carbocycles. The fourth-order valence-electron chi connectivity index (χ4n) is 2.17. The second-order valence-corrected chi connectivity index (χ2v) is 4.23. The topological polar surface area (TPSA) is 0 Å². The normalized spacial score (nSPS) is 18.0. The molecule has 0 saturated carbocycles. The van der Waals surface area contributed by atoms with Crippen LogP contribution in [-0.4, -0.2) is 0 Å². The number of halogens is 2. The van der Waals surface area contributed by atoms with Gasteiger partial charge in [-0.1, -0.05) is 30.6 Å². The van der Waals surface area contributed by atoms with E-state index >= 15 is 0 Å². The van der Waals surface area contributed by atoms with Gasteiger partial charge in [0.25, 0.3) is 0 Å². The minimum Gasteiger partial charge on any atom is -0.339 e. The van der Waals surface area contributed by atoms with Gasteiger partial charge in [0.15, 0.2) is 0 Å². The second-order valence-electron chi connectivity index (χ2n) is 4.23. The van der Waals surface area contributed by atoms with E-state index in [0.29, 0.717) is 0 Å². The van der Waals surface area contributed by atoms with Gasteiger partial charge in [0.2, 0.25) is 0 Å². The van der Waals surface area contributed by atoms with Crippen molar-refractivity contribution in [2.45, 2.75) is 41.0 Å². The third-order valence-corrected chi connectivity index (χ3v) is 3.52. The largest absolute Gasteiger partial charge is 0.339 e. The van der Waals surface area contributed by atoms with Crippen LogP contribution in [0.4, 0.5) is 0 Å². The van der Waals surface area contributed by atoms with E-state index in [-0.39, 0.29) is 56.4 Å².